The van der Waals surface area contributed by atoms with Crippen molar-refractivity contribution in [1.82, 2.24) is 21.3 Å². The third kappa shape index (κ3) is 8.38. The van der Waals surface area contributed by atoms with Gasteiger partial charge in [0.1, 0.15) is 5.54 Å². The fourth-order valence-corrected chi connectivity index (χ4v) is 4.95. The summed E-state index contributed by atoms with van der Waals surface area (Å²) in [5.41, 5.74) is -3.22. The van der Waals surface area contributed by atoms with Crippen LogP contribution in [-0.4, -0.2) is 59.1 Å². The maximum atomic E-state index is 12.9. The Labute approximate surface area is 189 Å². The average Bonchev–Trinajstić information content (AvgIpc) is 2.79. The lowest BCUT2D eigenvalue weighted by atomic mass is 9.84. The highest BCUT2D eigenvalue weighted by molar-refractivity contribution is 7.85. The van der Waals surface area contributed by atoms with Crippen LogP contribution in [0.4, 0.5) is 4.79 Å². The zero-order valence-electron chi connectivity index (χ0n) is 19.7. The molecule has 12 heteroatoms. The van der Waals surface area contributed by atoms with Gasteiger partial charge in [-0.05, 0) is 47.5 Å². The molecule has 32 heavy (non-hydrogen) atoms. The van der Waals surface area contributed by atoms with Gasteiger partial charge in [-0.1, -0.05) is 13.8 Å². The highest BCUT2D eigenvalue weighted by atomic mass is 32.2. The lowest BCUT2D eigenvalue weighted by Crippen LogP contribution is -2.55. The summed E-state index contributed by atoms with van der Waals surface area (Å²) in [5.74, 6) is -3.09. The standard InChI is InChI=1S/C20H36N4O7S/c1-8-13(9-12(2)14(25)22-19(5,6)11-32(29,30)31)15(26)23-18(3,4)10-20(7)16(27)21-17(28)24-20/h12-13H,8-11H2,1-7H3,(H,22,25)(H,23,26)(H,29,30,31)(H2,21,24,27,28)/p-1. The van der Waals surface area contributed by atoms with Crippen molar-refractivity contribution in [3.05, 3.63) is 0 Å². The molecule has 1 fully saturated rings. The first-order valence-corrected chi connectivity index (χ1v) is 12.1. The minimum atomic E-state index is -4.52. The van der Waals surface area contributed by atoms with E-state index in [-0.39, 0.29) is 18.7 Å². The van der Waals surface area contributed by atoms with Crippen molar-refractivity contribution in [1.29, 1.82) is 0 Å². The van der Waals surface area contributed by atoms with Crippen LogP contribution in [0.3, 0.4) is 0 Å². The zero-order chi connectivity index (χ0) is 25.1. The Morgan fingerprint density at radius 1 is 1.09 bits per heavy atom. The van der Waals surface area contributed by atoms with Gasteiger partial charge in [-0.25, -0.2) is 13.2 Å². The molecule has 0 radical (unpaired) electrons. The molecule has 0 bridgehead atoms. The Kier molecular flexibility index (Phi) is 8.46. The molecule has 184 valence electrons. The van der Waals surface area contributed by atoms with Crippen molar-refractivity contribution in [3.8, 4) is 0 Å². The first-order chi connectivity index (χ1) is 14.3. The summed E-state index contributed by atoms with van der Waals surface area (Å²) >= 11 is 0. The topological polar surface area (TPSA) is 174 Å². The van der Waals surface area contributed by atoms with Crippen LogP contribution in [0.2, 0.25) is 0 Å². The first kappa shape index (κ1) is 27.8. The van der Waals surface area contributed by atoms with Crippen LogP contribution in [-0.2, 0) is 24.5 Å². The van der Waals surface area contributed by atoms with Gasteiger partial charge in [0.15, 0.2) is 0 Å². The summed E-state index contributed by atoms with van der Waals surface area (Å²) in [4.78, 5) is 49.0. The van der Waals surface area contributed by atoms with Gasteiger partial charge in [-0.15, -0.1) is 0 Å². The summed E-state index contributed by atoms with van der Waals surface area (Å²) in [6, 6.07) is -0.585. The SMILES string of the molecule is CCC(CC(C)C(=O)NC(C)(C)CS(=O)(=O)[O-])C(=O)NC(C)(C)CC1(C)NC(=O)NC1=O. The second-order valence-corrected chi connectivity index (χ2v) is 11.5. The number of urea groups is 1. The molecule has 1 aliphatic rings. The van der Waals surface area contributed by atoms with Gasteiger partial charge in [0.2, 0.25) is 11.8 Å². The van der Waals surface area contributed by atoms with Crippen molar-refractivity contribution in [2.24, 2.45) is 11.8 Å². The molecule has 3 atom stereocenters. The summed E-state index contributed by atoms with van der Waals surface area (Å²) in [6.45, 7) is 11.4. The Hall–Kier alpha value is -2.21. The van der Waals surface area contributed by atoms with Gasteiger partial charge < -0.3 is 20.5 Å². The summed E-state index contributed by atoms with van der Waals surface area (Å²) in [7, 11) is -4.52. The maximum absolute atomic E-state index is 12.9. The number of nitrogens with one attached hydrogen (secondary N) is 4. The van der Waals surface area contributed by atoms with E-state index in [1.165, 1.54) is 13.8 Å². The fourth-order valence-electron chi connectivity index (χ4n) is 4.00. The smallest absolute Gasteiger partial charge is 0.322 e. The molecule has 0 aromatic heterocycles. The summed E-state index contributed by atoms with van der Waals surface area (Å²) < 4.78 is 33.1. The predicted molar refractivity (Wildman–Crippen MR) is 116 cm³/mol. The van der Waals surface area contributed by atoms with Gasteiger partial charge in [-0.3, -0.25) is 19.7 Å². The number of imide groups is 1. The van der Waals surface area contributed by atoms with E-state index in [9.17, 15) is 32.1 Å². The minimum absolute atomic E-state index is 0.160. The molecule has 1 aliphatic heterocycles. The van der Waals surface area contributed by atoms with Gasteiger partial charge in [0.05, 0.1) is 15.9 Å². The number of amides is 5. The Balaban J connectivity index is 2.76. The monoisotopic (exact) mass is 475 g/mol. The summed E-state index contributed by atoms with van der Waals surface area (Å²) in [6.07, 6.45) is 0.818. The molecule has 0 saturated carbocycles. The van der Waals surface area contributed by atoms with Gasteiger partial charge in [-0.2, -0.15) is 0 Å². The molecule has 0 aliphatic carbocycles. The molecule has 0 aromatic rings. The zero-order valence-corrected chi connectivity index (χ0v) is 20.6. The van der Waals surface area contributed by atoms with Gasteiger partial charge in [0, 0.05) is 29.3 Å². The van der Waals surface area contributed by atoms with Crippen LogP contribution >= 0.6 is 0 Å². The summed E-state index contributed by atoms with van der Waals surface area (Å²) in [5, 5.41) is 10.2. The minimum Gasteiger partial charge on any atom is -0.748 e. The Morgan fingerprint density at radius 3 is 2.06 bits per heavy atom. The highest BCUT2D eigenvalue weighted by Gasteiger charge is 2.46. The number of carbonyl (C=O) groups excluding carboxylic acids is 4. The van der Waals surface area contributed by atoms with E-state index in [0.717, 1.165) is 0 Å². The molecular formula is C20H35N4O7S-. The van der Waals surface area contributed by atoms with Crippen LogP contribution in [0.5, 0.6) is 0 Å². The van der Waals surface area contributed by atoms with E-state index in [1.807, 2.05) is 6.92 Å². The molecule has 0 aromatic carbocycles. The second kappa shape index (κ2) is 9.74. The van der Waals surface area contributed by atoms with Crippen molar-refractivity contribution in [3.63, 3.8) is 0 Å². The lowest BCUT2D eigenvalue weighted by molar-refractivity contribution is -0.131. The molecular weight excluding hydrogens is 440 g/mol. The van der Waals surface area contributed by atoms with Crippen molar-refractivity contribution >= 4 is 33.9 Å². The normalized spacial score (nSPS) is 21.4. The quantitative estimate of drug-likeness (QED) is 0.246. The highest BCUT2D eigenvalue weighted by Crippen LogP contribution is 2.25. The molecule has 3 unspecified atom stereocenters. The van der Waals surface area contributed by atoms with E-state index in [0.29, 0.717) is 6.42 Å². The van der Waals surface area contributed by atoms with E-state index in [4.69, 9.17) is 0 Å². The third-order valence-electron chi connectivity index (χ3n) is 5.32. The molecule has 1 rings (SSSR count). The molecule has 0 spiro atoms. The average molecular weight is 476 g/mol. The molecule has 1 saturated heterocycles. The lowest BCUT2D eigenvalue weighted by Gasteiger charge is -2.35. The van der Waals surface area contributed by atoms with Crippen molar-refractivity contribution < 1.29 is 32.1 Å². The van der Waals surface area contributed by atoms with Crippen LogP contribution in [0.25, 0.3) is 0 Å². The van der Waals surface area contributed by atoms with E-state index in [1.54, 1.807) is 27.7 Å². The van der Waals surface area contributed by atoms with E-state index in [2.05, 4.69) is 21.3 Å². The Morgan fingerprint density at radius 2 is 1.62 bits per heavy atom. The molecule has 5 amide bonds. The molecule has 4 N–H and O–H groups in total. The van der Waals surface area contributed by atoms with Crippen LogP contribution < -0.4 is 21.3 Å². The Bertz CT molecular complexity index is 869. The second-order valence-electron chi connectivity index (χ2n) is 10.1. The van der Waals surface area contributed by atoms with Crippen LogP contribution in [0, 0.1) is 11.8 Å². The number of hydrogen-bond acceptors (Lipinski definition) is 7. The van der Waals surface area contributed by atoms with Crippen LogP contribution in [0.15, 0.2) is 0 Å². The maximum Gasteiger partial charge on any atom is 0.322 e. The number of carbonyl (C=O) groups is 4. The predicted octanol–water partition coefficient (Wildman–Crippen LogP) is 0.362. The third-order valence-corrected chi connectivity index (χ3v) is 6.40. The van der Waals surface area contributed by atoms with E-state index >= 15 is 0 Å². The van der Waals surface area contributed by atoms with Crippen molar-refractivity contribution in [2.45, 2.75) is 84.3 Å². The number of hydrogen-bond donors (Lipinski definition) is 4. The fraction of sp³-hybridized carbons (Fsp3) is 0.800. The molecule has 11 nitrogen and oxygen atoms in total. The van der Waals surface area contributed by atoms with Crippen LogP contribution in [0.1, 0.15) is 67.7 Å². The first-order valence-electron chi connectivity index (χ1n) is 10.5. The number of rotatable bonds is 11. The molecule has 1 heterocycles. The van der Waals surface area contributed by atoms with Gasteiger partial charge >= 0.3 is 6.03 Å². The largest absolute Gasteiger partial charge is 0.748 e. The van der Waals surface area contributed by atoms with Gasteiger partial charge in [0.25, 0.3) is 5.91 Å². The van der Waals surface area contributed by atoms with Crippen molar-refractivity contribution in [2.75, 3.05) is 5.75 Å². The van der Waals surface area contributed by atoms with E-state index < -0.39 is 62.2 Å².